The molecule has 1 aliphatic heterocycles. The van der Waals surface area contributed by atoms with Crippen LogP contribution in [0, 0.1) is 0 Å². The highest BCUT2D eigenvalue weighted by molar-refractivity contribution is 7.99. The molecule has 1 heterocycles. The van der Waals surface area contributed by atoms with Gasteiger partial charge in [-0.2, -0.15) is 0 Å². The van der Waals surface area contributed by atoms with Gasteiger partial charge in [-0.3, -0.25) is 9.10 Å². The van der Waals surface area contributed by atoms with Gasteiger partial charge in [0, 0.05) is 23.3 Å². The number of ether oxygens (including phenoxy) is 2. The summed E-state index contributed by atoms with van der Waals surface area (Å²) in [5.74, 6) is 1.27. The summed E-state index contributed by atoms with van der Waals surface area (Å²) in [5.41, 5.74) is 0.380. The number of rotatable bonds is 9. The van der Waals surface area contributed by atoms with Crippen LogP contribution in [-0.2, 0) is 14.8 Å². The van der Waals surface area contributed by atoms with Crippen LogP contribution in [0.4, 0.5) is 5.69 Å². The van der Waals surface area contributed by atoms with Gasteiger partial charge < -0.3 is 14.8 Å². The van der Waals surface area contributed by atoms with E-state index in [1.165, 1.54) is 0 Å². The quantitative estimate of drug-likeness (QED) is 0.480. The first kappa shape index (κ1) is 21.3. The molecule has 29 heavy (non-hydrogen) atoms. The zero-order valence-electron chi connectivity index (χ0n) is 16.2. The Kier molecular flexibility index (Phi) is 7.27. The van der Waals surface area contributed by atoms with E-state index in [2.05, 4.69) is 5.32 Å². The van der Waals surface area contributed by atoms with E-state index >= 15 is 0 Å². The van der Waals surface area contributed by atoms with E-state index in [1.807, 2.05) is 30.3 Å². The molecule has 0 bridgehead atoms. The molecule has 0 saturated heterocycles. The average Bonchev–Trinajstić information content (AvgIpc) is 2.75. The second kappa shape index (κ2) is 9.89. The average molecular weight is 437 g/mol. The largest absolute Gasteiger partial charge is 0.486 e. The van der Waals surface area contributed by atoms with E-state index in [1.54, 1.807) is 36.9 Å². The van der Waals surface area contributed by atoms with Gasteiger partial charge in [0.25, 0.3) is 0 Å². The number of carbonyl (C=O) groups is 1. The molecule has 2 aromatic carbocycles. The highest BCUT2D eigenvalue weighted by atomic mass is 32.2. The minimum Gasteiger partial charge on any atom is -0.486 e. The van der Waals surface area contributed by atoms with Crippen molar-refractivity contribution in [2.75, 3.05) is 42.1 Å². The number of sulfonamides is 1. The molecular formula is C20H24N2O5S2. The lowest BCUT2D eigenvalue weighted by atomic mass is 10.2. The number of hydrogen-bond acceptors (Lipinski definition) is 6. The number of nitrogens with zero attached hydrogens (tertiary/aromatic N) is 1. The summed E-state index contributed by atoms with van der Waals surface area (Å²) in [6.07, 6.45) is 0. The highest BCUT2D eigenvalue weighted by Crippen LogP contribution is 2.34. The molecule has 1 aliphatic rings. The van der Waals surface area contributed by atoms with E-state index in [0.29, 0.717) is 42.7 Å². The summed E-state index contributed by atoms with van der Waals surface area (Å²) >= 11 is 1.63. The second-order valence-corrected chi connectivity index (χ2v) is 9.60. The third-order valence-electron chi connectivity index (χ3n) is 4.24. The van der Waals surface area contributed by atoms with Gasteiger partial charge in [-0.05, 0) is 31.2 Å². The molecule has 0 radical (unpaired) electrons. The van der Waals surface area contributed by atoms with Crippen LogP contribution in [0.2, 0.25) is 0 Å². The number of nitrogens with one attached hydrogen (secondary N) is 1. The van der Waals surface area contributed by atoms with Crippen molar-refractivity contribution in [3.05, 3.63) is 48.5 Å². The SMILES string of the molecule is CCS(=O)(=O)N(CC(=O)NCCSc1ccccc1)c1ccc2c(c1)OCCO2. The summed E-state index contributed by atoms with van der Waals surface area (Å²) in [4.78, 5) is 13.5. The van der Waals surface area contributed by atoms with E-state index < -0.39 is 10.0 Å². The number of thioether (sulfide) groups is 1. The van der Waals surface area contributed by atoms with Gasteiger partial charge in [0.2, 0.25) is 15.9 Å². The van der Waals surface area contributed by atoms with Gasteiger partial charge in [-0.1, -0.05) is 18.2 Å². The topological polar surface area (TPSA) is 84.9 Å². The molecule has 9 heteroatoms. The van der Waals surface area contributed by atoms with Gasteiger partial charge in [-0.15, -0.1) is 11.8 Å². The summed E-state index contributed by atoms with van der Waals surface area (Å²) in [6.45, 7) is 2.56. The van der Waals surface area contributed by atoms with E-state index in [0.717, 1.165) is 9.20 Å². The Balaban J connectivity index is 1.62. The maximum absolute atomic E-state index is 12.6. The van der Waals surface area contributed by atoms with Crippen LogP contribution in [0.25, 0.3) is 0 Å². The van der Waals surface area contributed by atoms with Gasteiger partial charge >= 0.3 is 0 Å². The smallest absolute Gasteiger partial charge is 0.240 e. The second-order valence-electron chi connectivity index (χ2n) is 6.25. The van der Waals surface area contributed by atoms with Crippen molar-refractivity contribution in [2.45, 2.75) is 11.8 Å². The van der Waals surface area contributed by atoms with E-state index in [4.69, 9.17) is 9.47 Å². The molecule has 3 rings (SSSR count). The molecule has 0 aliphatic carbocycles. The lowest BCUT2D eigenvalue weighted by Gasteiger charge is -2.25. The van der Waals surface area contributed by atoms with E-state index in [9.17, 15) is 13.2 Å². The van der Waals surface area contributed by atoms with Crippen LogP contribution < -0.4 is 19.1 Å². The Bertz CT molecular complexity index is 935. The van der Waals surface area contributed by atoms with Crippen LogP contribution in [0.3, 0.4) is 0 Å². The molecule has 0 atom stereocenters. The first-order valence-electron chi connectivity index (χ1n) is 9.34. The lowest BCUT2D eigenvalue weighted by molar-refractivity contribution is -0.119. The van der Waals surface area contributed by atoms with Crippen LogP contribution in [-0.4, -0.2) is 52.1 Å². The Morgan fingerprint density at radius 3 is 2.55 bits per heavy atom. The Morgan fingerprint density at radius 1 is 1.10 bits per heavy atom. The van der Waals surface area contributed by atoms with Gasteiger partial charge in [0.15, 0.2) is 11.5 Å². The third kappa shape index (κ3) is 5.80. The summed E-state index contributed by atoms with van der Waals surface area (Å²) in [6, 6.07) is 14.8. The molecule has 0 unspecified atom stereocenters. The highest BCUT2D eigenvalue weighted by Gasteiger charge is 2.25. The fourth-order valence-corrected chi connectivity index (χ4v) is 4.61. The van der Waals surface area contributed by atoms with Crippen LogP contribution >= 0.6 is 11.8 Å². The van der Waals surface area contributed by atoms with Gasteiger partial charge in [0.05, 0.1) is 11.4 Å². The van der Waals surface area contributed by atoms with Crippen LogP contribution in [0.5, 0.6) is 11.5 Å². The Labute approximate surface area is 175 Å². The molecule has 1 N–H and O–H groups in total. The van der Waals surface area contributed by atoms with Crippen molar-refractivity contribution in [3.63, 3.8) is 0 Å². The zero-order chi connectivity index (χ0) is 20.7. The van der Waals surface area contributed by atoms with E-state index in [-0.39, 0.29) is 18.2 Å². The monoisotopic (exact) mass is 436 g/mol. The van der Waals surface area contributed by atoms with Crippen LogP contribution in [0.1, 0.15) is 6.92 Å². The standard InChI is InChI=1S/C20H24N2O5S2/c1-2-29(24,25)22(16-8-9-18-19(14-16)27-12-11-26-18)15-20(23)21-10-13-28-17-6-4-3-5-7-17/h3-9,14H,2,10-13,15H2,1H3,(H,21,23). The maximum Gasteiger partial charge on any atom is 0.240 e. The number of fused-ring (bicyclic) bond motifs is 1. The van der Waals surface area contributed by atoms with Crippen molar-refractivity contribution >= 4 is 33.4 Å². The Hall–Kier alpha value is -2.39. The van der Waals surface area contributed by atoms with Gasteiger partial charge in [-0.25, -0.2) is 8.42 Å². The molecule has 156 valence electrons. The fourth-order valence-electron chi connectivity index (χ4n) is 2.76. The van der Waals surface area contributed by atoms with Crippen molar-refractivity contribution in [1.29, 1.82) is 0 Å². The number of hydrogen-bond donors (Lipinski definition) is 1. The number of amides is 1. The van der Waals surface area contributed by atoms with Gasteiger partial charge in [0.1, 0.15) is 19.8 Å². The number of anilines is 1. The molecule has 0 fully saturated rings. The molecule has 1 amide bonds. The molecule has 2 aromatic rings. The zero-order valence-corrected chi connectivity index (χ0v) is 17.8. The normalized spacial score (nSPS) is 13.0. The van der Waals surface area contributed by atoms with Crippen molar-refractivity contribution < 1.29 is 22.7 Å². The summed E-state index contributed by atoms with van der Waals surface area (Å²) < 4.78 is 37.3. The molecule has 0 saturated carbocycles. The maximum atomic E-state index is 12.6. The Morgan fingerprint density at radius 2 is 1.83 bits per heavy atom. The fraction of sp³-hybridized carbons (Fsp3) is 0.350. The van der Waals surface area contributed by atoms with Crippen molar-refractivity contribution in [1.82, 2.24) is 5.32 Å². The van der Waals surface area contributed by atoms with Crippen LogP contribution in [0.15, 0.2) is 53.4 Å². The summed E-state index contributed by atoms with van der Waals surface area (Å²) in [7, 11) is -3.64. The molecule has 7 nitrogen and oxygen atoms in total. The first-order chi connectivity index (χ1) is 14.0. The minimum absolute atomic E-state index is 0.113. The third-order valence-corrected chi connectivity index (χ3v) is 6.99. The predicted octanol–water partition coefficient (Wildman–Crippen LogP) is 2.52. The number of carbonyl (C=O) groups excluding carboxylic acids is 1. The minimum atomic E-state index is -3.64. The van der Waals surface area contributed by atoms with Crippen molar-refractivity contribution in [2.24, 2.45) is 0 Å². The van der Waals surface area contributed by atoms with Crippen molar-refractivity contribution in [3.8, 4) is 11.5 Å². The molecular weight excluding hydrogens is 412 g/mol. The molecule has 0 aromatic heterocycles. The molecule has 0 spiro atoms. The number of benzene rings is 2. The lowest BCUT2D eigenvalue weighted by Crippen LogP contribution is -2.42. The first-order valence-corrected chi connectivity index (χ1v) is 11.9. The predicted molar refractivity (Wildman–Crippen MR) is 114 cm³/mol. The summed E-state index contributed by atoms with van der Waals surface area (Å²) in [5, 5.41) is 2.79.